The molecular weight excluding hydrogens is 172 g/mol. The molecule has 0 aliphatic heterocycles. The Bertz CT molecular complexity index is 178. The van der Waals surface area contributed by atoms with Crippen molar-refractivity contribution in [3.8, 4) is 0 Å². The molecule has 2 rings (SSSR count). The van der Waals surface area contributed by atoms with Gasteiger partial charge in [0, 0.05) is 6.61 Å². The summed E-state index contributed by atoms with van der Waals surface area (Å²) in [5.41, 5.74) is 0. The molecule has 2 saturated carbocycles. The minimum Gasteiger partial charge on any atom is -0.396 e. The van der Waals surface area contributed by atoms with Crippen LogP contribution in [0.5, 0.6) is 0 Å². The molecule has 0 heterocycles. The first-order valence-corrected chi connectivity index (χ1v) is 6.46. The molecule has 0 amide bonds. The van der Waals surface area contributed by atoms with Gasteiger partial charge >= 0.3 is 0 Å². The van der Waals surface area contributed by atoms with Crippen molar-refractivity contribution in [1.82, 2.24) is 0 Å². The summed E-state index contributed by atoms with van der Waals surface area (Å²) in [5.74, 6) is 4.06. The van der Waals surface area contributed by atoms with Gasteiger partial charge in [0.25, 0.3) is 0 Å². The normalized spacial score (nSPS) is 39.9. The van der Waals surface area contributed by atoms with E-state index in [-0.39, 0.29) is 0 Å². The van der Waals surface area contributed by atoms with Gasteiger partial charge in [-0.25, -0.2) is 0 Å². The topological polar surface area (TPSA) is 20.2 Å². The van der Waals surface area contributed by atoms with Crippen molar-refractivity contribution in [3.05, 3.63) is 0 Å². The highest BCUT2D eigenvalue weighted by Crippen LogP contribution is 2.54. The SMILES string of the molecule is CCCCC1CC1CC1CC1CCO. The molecule has 82 valence electrons. The number of hydrogen-bond acceptors (Lipinski definition) is 1. The Hall–Kier alpha value is -0.0400. The minimum atomic E-state index is 0.408. The molecule has 0 aromatic rings. The first-order valence-electron chi connectivity index (χ1n) is 6.46. The van der Waals surface area contributed by atoms with Gasteiger partial charge in [-0.15, -0.1) is 0 Å². The predicted molar refractivity (Wildman–Crippen MR) is 59.0 cm³/mol. The summed E-state index contributed by atoms with van der Waals surface area (Å²) >= 11 is 0. The van der Waals surface area contributed by atoms with Gasteiger partial charge in [-0.05, 0) is 49.4 Å². The zero-order valence-electron chi connectivity index (χ0n) is 9.41. The lowest BCUT2D eigenvalue weighted by molar-refractivity contribution is 0.275. The van der Waals surface area contributed by atoms with E-state index in [1.807, 2.05) is 0 Å². The third kappa shape index (κ3) is 2.73. The first-order chi connectivity index (χ1) is 6.85. The van der Waals surface area contributed by atoms with E-state index in [0.29, 0.717) is 6.61 Å². The van der Waals surface area contributed by atoms with Crippen LogP contribution in [-0.4, -0.2) is 11.7 Å². The fourth-order valence-electron chi connectivity index (χ4n) is 2.93. The Morgan fingerprint density at radius 1 is 1.00 bits per heavy atom. The van der Waals surface area contributed by atoms with E-state index in [1.165, 1.54) is 38.5 Å². The van der Waals surface area contributed by atoms with Crippen LogP contribution in [0.4, 0.5) is 0 Å². The molecule has 0 spiro atoms. The molecule has 1 N–H and O–H groups in total. The molecule has 1 nitrogen and oxygen atoms in total. The predicted octanol–water partition coefficient (Wildman–Crippen LogP) is 3.22. The Kier molecular flexibility index (Phi) is 3.48. The summed E-state index contributed by atoms with van der Waals surface area (Å²) in [6, 6.07) is 0. The van der Waals surface area contributed by atoms with Crippen molar-refractivity contribution in [3.63, 3.8) is 0 Å². The van der Waals surface area contributed by atoms with Gasteiger partial charge in [0.15, 0.2) is 0 Å². The van der Waals surface area contributed by atoms with E-state index in [2.05, 4.69) is 6.92 Å². The molecule has 2 aliphatic rings. The number of rotatable bonds is 7. The Morgan fingerprint density at radius 2 is 1.64 bits per heavy atom. The zero-order valence-corrected chi connectivity index (χ0v) is 9.41. The second-order valence-corrected chi connectivity index (χ2v) is 5.40. The second-order valence-electron chi connectivity index (χ2n) is 5.40. The lowest BCUT2D eigenvalue weighted by Gasteiger charge is -1.99. The lowest BCUT2D eigenvalue weighted by Crippen LogP contribution is -1.91. The summed E-state index contributed by atoms with van der Waals surface area (Å²) in [5, 5.41) is 8.81. The number of hydrogen-bond donors (Lipinski definition) is 1. The van der Waals surface area contributed by atoms with Crippen molar-refractivity contribution >= 4 is 0 Å². The average molecular weight is 196 g/mol. The second kappa shape index (κ2) is 4.65. The van der Waals surface area contributed by atoms with Gasteiger partial charge in [-0.1, -0.05) is 26.2 Å². The first kappa shape index (κ1) is 10.5. The van der Waals surface area contributed by atoms with Crippen LogP contribution in [0.3, 0.4) is 0 Å². The third-order valence-corrected chi connectivity index (χ3v) is 4.17. The molecule has 14 heavy (non-hydrogen) atoms. The molecule has 1 heteroatoms. The largest absolute Gasteiger partial charge is 0.396 e. The fourth-order valence-corrected chi connectivity index (χ4v) is 2.93. The van der Waals surface area contributed by atoms with Crippen LogP contribution in [0.15, 0.2) is 0 Å². The van der Waals surface area contributed by atoms with Crippen molar-refractivity contribution < 1.29 is 5.11 Å². The van der Waals surface area contributed by atoms with Crippen LogP contribution >= 0.6 is 0 Å². The molecule has 2 aliphatic carbocycles. The van der Waals surface area contributed by atoms with Gasteiger partial charge in [-0.2, -0.15) is 0 Å². The molecule has 2 fully saturated rings. The maximum Gasteiger partial charge on any atom is 0.0433 e. The maximum atomic E-state index is 8.81. The monoisotopic (exact) mass is 196 g/mol. The highest BCUT2D eigenvalue weighted by molar-refractivity contribution is 4.94. The van der Waals surface area contributed by atoms with Gasteiger partial charge < -0.3 is 5.11 Å². The summed E-state index contributed by atoms with van der Waals surface area (Å²) in [6.07, 6.45) is 9.76. The standard InChI is InChI=1S/C13H24O/c1-2-3-4-10-7-12(10)9-13-8-11(13)5-6-14/h10-14H,2-9H2,1H3. The molecule has 0 aromatic heterocycles. The van der Waals surface area contributed by atoms with Crippen LogP contribution in [0.2, 0.25) is 0 Å². The average Bonchev–Trinajstić information content (AvgIpc) is 3.05. The van der Waals surface area contributed by atoms with Crippen LogP contribution in [-0.2, 0) is 0 Å². The lowest BCUT2D eigenvalue weighted by atomic mass is 10.1. The van der Waals surface area contributed by atoms with E-state index in [4.69, 9.17) is 5.11 Å². The van der Waals surface area contributed by atoms with Crippen LogP contribution < -0.4 is 0 Å². The van der Waals surface area contributed by atoms with Crippen molar-refractivity contribution in [1.29, 1.82) is 0 Å². The molecule has 0 radical (unpaired) electrons. The van der Waals surface area contributed by atoms with Crippen molar-refractivity contribution in [2.45, 2.75) is 51.9 Å². The van der Waals surface area contributed by atoms with Crippen LogP contribution in [0, 0.1) is 23.7 Å². The van der Waals surface area contributed by atoms with Gasteiger partial charge in [0.2, 0.25) is 0 Å². The molecule has 0 aromatic carbocycles. The van der Waals surface area contributed by atoms with Crippen molar-refractivity contribution in [2.75, 3.05) is 6.61 Å². The van der Waals surface area contributed by atoms with E-state index in [0.717, 1.165) is 30.1 Å². The summed E-state index contributed by atoms with van der Waals surface area (Å²) in [7, 11) is 0. The van der Waals surface area contributed by atoms with Gasteiger partial charge in [0.05, 0.1) is 0 Å². The number of unbranched alkanes of at least 4 members (excludes halogenated alkanes) is 1. The van der Waals surface area contributed by atoms with Gasteiger partial charge in [0.1, 0.15) is 0 Å². The van der Waals surface area contributed by atoms with E-state index in [9.17, 15) is 0 Å². The minimum absolute atomic E-state index is 0.408. The van der Waals surface area contributed by atoms with Crippen LogP contribution in [0.25, 0.3) is 0 Å². The van der Waals surface area contributed by atoms with Crippen LogP contribution in [0.1, 0.15) is 51.9 Å². The smallest absolute Gasteiger partial charge is 0.0433 e. The highest BCUT2D eigenvalue weighted by atomic mass is 16.3. The number of aliphatic hydroxyl groups is 1. The molecular formula is C13H24O. The zero-order chi connectivity index (χ0) is 9.97. The quantitative estimate of drug-likeness (QED) is 0.663. The van der Waals surface area contributed by atoms with E-state index < -0.39 is 0 Å². The fraction of sp³-hybridized carbons (Fsp3) is 1.00. The summed E-state index contributed by atoms with van der Waals surface area (Å²) < 4.78 is 0. The Labute approximate surface area is 87.9 Å². The molecule has 0 saturated heterocycles. The summed E-state index contributed by atoms with van der Waals surface area (Å²) in [6.45, 7) is 2.70. The molecule has 4 atom stereocenters. The summed E-state index contributed by atoms with van der Waals surface area (Å²) in [4.78, 5) is 0. The van der Waals surface area contributed by atoms with Crippen molar-refractivity contribution in [2.24, 2.45) is 23.7 Å². The Morgan fingerprint density at radius 3 is 2.21 bits per heavy atom. The maximum absolute atomic E-state index is 8.81. The van der Waals surface area contributed by atoms with E-state index >= 15 is 0 Å². The molecule has 4 unspecified atom stereocenters. The molecule has 0 bridgehead atoms. The highest BCUT2D eigenvalue weighted by Gasteiger charge is 2.44. The Balaban J connectivity index is 1.52. The number of aliphatic hydroxyl groups excluding tert-OH is 1. The van der Waals surface area contributed by atoms with Gasteiger partial charge in [-0.3, -0.25) is 0 Å². The van der Waals surface area contributed by atoms with E-state index in [1.54, 1.807) is 0 Å². The third-order valence-electron chi connectivity index (χ3n) is 4.17.